The van der Waals surface area contributed by atoms with E-state index >= 15 is 0 Å². The van der Waals surface area contributed by atoms with Crippen molar-refractivity contribution in [3.8, 4) is 0 Å². The molecule has 1 heterocycles. The van der Waals surface area contributed by atoms with Crippen LogP contribution in [-0.4, -0.2) is 50.8 Å². The van der Waals surface area contributed by atoms with Gasteiger partial charge in [0.1, 0.15) is 0 Å². The molecule has 4 heteroatoms. The van der Waals surface area contributed by atoms with Gasteiger partial charge in [-0.3, -0.25) is 9.69 Å². The number of hydrogen-bond acceptors (Lipinski definition) is 4. The Balaban J connectivity index is 2.38. The number of rotatable bonds is 4. The molecule has 0 aromatic rings. The summed E-state index contributed by atoms with van der Waals surface area (Å²) in [5, 5.41) is 0. The summed E-state index contributed by atoms with van der Waals surface area (Å²) in [4.78, 5) is 13.7. The lowest BCUT2D eigenvalue weighted by Gasteiger charge is -2.32. The Morgan fingerprint density at radius 2 is 2.27 bits per heavy atom. The Bertz CT molecular complexity index is 208. The monoisotopic (exact) mass is 215 g/mol. The van der Waals surface area contributed by atoms with Crippen molar-refractivity contribution in [3.63, 3.8) is 0 Å². The molecule has 0 amide bonds. The molecule has 0 N–H and O–H groups in total. The first-order chi connectivity index (χ1) is 7.17. The van der Waals surface area contributed by atoms with Gasteiger partial charge in [-0.1, -0.05) is 0 Å². The average molecular weight is 215 g/mol. The molecule has 1 saturated heterocycles. The molecule has 15 heavy (non-hydrogen) atoms. The standard InChI is InChI=1S/C11H21NO3/c1-9(14-2)7-12-6-4-5-10(8-12)11(13)15-3/h9-10H,4-8H2,1-3H3/t9?,10-/m0/s1. The van der Waals surface area contributed by atoms with Crippen molar-refractivity contribution in [3.05, 3.63) is 0 Å². The van der Waals surface area contributed by atoms with Crippen molar-refractivity contribution in [1.82, 2.24) is 4.90 Å². The molecule has 1 aliphatic heterocycles. The van der Waals surface area contributed by atoms with E-state index in [1.165, 1.54) is 7.11 Å². The Hall–Kier alpha value is -0.610. The van der Waals surface area contributed by atoms with Gasteiger partial charge < -0.3 is 9.47 Å². The molecular formula is C11H21NO3. The van der Waals surface area contributed by atoms with Crippen LogP contribution in [0.3, 0.4) is 0 Å². The van der Waals surface area contributed by atoms with Gasteiger partial charge in [0.25, 0.3) is 0 Å². The molecule has 88 valence electrons. The topological polar surface area (TPSA) is 38.8 Å². The molecule has 0 aliphatic carbocycles. The van der Waals surface area contributed by atoms with Crippen LogP contribution in [0.2, 0.25) is 0 Å². The molecule has 1 unspecified atom stereocenters. The van der Waals surface area contributed by atoms with Gasteiger partial charge in [0.2, 0.25) is 0 Å². The lowest BCUT2D eigenvalue weighted by molar-refractivity contribution is -0.147. The lowest BCUT2D eigenvalue weighted by atomic mass is 9.98. The molecule has 0 bridgehead atoms. The molecule has 4 nitrogen and oxygen atoms in total. The molecule has 0 saturated carbocycles. The maximum absolute atomic E-state index is 11.4. The van der Waals surface area contributed by atoms with Crippen molar-refractivity contribution >= 4 is 5.97 Å². The van der Waals surface area contributed by atoms with E-state index in [-0.39, 0.29) is 18.0 Å². The van der Waals surface area contributed by atoms with E-state index in [1.54, 1.807) is 7.11 Å². The summed E-state index contributed by atoms with van der Waals surface area (Å²) >= 11 is 0. The molecule has 1 rings (SSSR count). The third-order valence-electron chi connectivity index (χ3n) is 2.96. The number of likely N-dealkylation sites (tertiary alicyclic amines) is 1. The minimum Gasteiger partial charge on any atom is -0.469 e. The summed E-state index contributed by atoms with van der Waals surface area (Å²) in [6, 6.07) is 0. The number of nitrogens with zero attached hydrogens (tertiary/aromatic N) is 1. The fourth-order valence-corrected chi connectivity index (χ4v) is 2.02. The Morgan fingerprint density at radius 1 is 1.53 bits per heavy atom. The minimum atomic E-state index is -0.0789. The van der Waals surface area contributed by atoms with Crippen molar-refractivity contribution in [2.75, 3.05) is 33.9 Å². The summed E-state index contributed by atoms with van der Waals surface area (Å²) in [7, 11) is 3.17. The van der Waals surface area contributed by atoms with Gasteiger partial charge in [-0.15, -0.1) is 0 Å². The largest absolute Gasteiger partial charge is 0.469 e. The second kappa shape index (κ2) is 6.08. The first kappa shape index (κ1) is 12.5. The van der Waals surface area contributed by atoms with Gasteiger partial charge in [0.15, 0.2) is 0 Å². The van der Waals surface area contributed by atoms with E-state index in [1.807, 2.05) is 6.92 Å². The molecule has 0 aromatic heterocycles. The van der Waals surface area contributed by atoms with Gasteiger partial charge in [-0.25, -0.2) is 0 Å². The van der Waals surface area contributed by atoms with Crippen molar-refractivity contribution in [1.29, 1.82) is 0 Å². The highest BCUT2D eigenvalue weighted by atomic mass is 16.5. The van der Waals surface area contributed by atoms with Crippen LogP contribution in [0.4, 0.5) is 0 Å². The van der Waals surface area contributed by atoms with E-state index in [0.717, 1.165) is 32.5 Å². The smallest absolute Gasteiger partial charge is 0.309 e. The molecular weight excluding hydrogens is 194 g/mol. The van der Waals surface area contributed by atoms with Gasteiger partial charge in [0, 0.05) is 20.2 Å². The highest BCUT2D eigenvalue weighted by Gasteiger charge is 2.26. The zero-order valence-corrected chi connectivity index (χ0v) is 9.86. The highest BCUT2D eigenvalue weighted by Crippen LogP contribution is 2.17. The third kappa shape index (κ3) is 3.80. The number of carbonyl (C=O) groups excluding carboxylic acids is 1. The van der Waals surface area contributed by atoms with Gasteiger partial charge in [0.05, 0.1) is 19.1 Å². The predicted octanol–water partition coefficient (Wildman–Crippen LogP) is 0.906. The maximum atomic E-state index is 11.4. The third-order valence-corrected chi connectivity index (χ3v) is 2.96. The Labute approximate surface area is 91.5 Å². The van der Waals surface area contributed by atoms with Gasteiger partial charge >= 0.3 is 5.97 Å². The van der Waals surface area contributed by atoms with Gasteiger partial charge in [-0.2, -0.15) is 0 Å². The van der Waals surface area contributed by atoms with Crippen LogP contribution in [0, 0.1) is 5.92 Å². The van der Waals surface area contributed by atoms with Crippen molar-refractivity contribution < 1.29 is 14.3 Å². The number of carbonyl (C=O) groups is 1. The second-order valence-electron chi connectivity index (χ2n) is 4.17. The summed E-state index contributed by atoms with van der Waals surface area (Å²) in [6.07, 6.45) is 2.24. The lowest BCUT2D eigenvalue weighted by Crippen LogP contribution is -2.42. The number of ether oxygens (including phenoxy) is 2. The normalized spacial score (nSPS) is 24.9. The van der Waals surface area contributed by atoms with Crippen LogP contribution in [0.5, 0.6) is 0 Å². The quantitative estimate of drug-likeness (QED) is 0.653. The Kier molecular flexibility index (Phi) is 5.05. The van der Waals surface area contributed by atoms with Crippen LogP contribution in [0.15, 0.2) is 0 Å². The number of hydrogen-bond donors (Lipinski definition) is 0. The number of piperidine rings is 1. The van der Waals surface area contributed by atoms with E-state index < -0.39 is 0 Å². The minimum absolute atomic E-state index is 0.0489. The first-order valence-corrected chi connectivity index (χ1v) is 5.50. The van der Waals surface area contributed by atoms with E-state index in [2.05, 4.69) is 4.90 Å². The second-order valence-corrected chi connectivity index (χ2v) is 4.17. The van der Waals surface area contributed by atoms with E-state index in [9.17, 15) is 4.79 Å². The van der Waals surface area contributed by atoms with Crippen molar-refractivity contribution in [2.24, 2.45) is 5.92 Å². The fraction of sp³-hybridized carbons (Fsp3) is 0.909. The van der Waals surface area contributed by atoms with Crippen LogP contribution in [-0.2, 0) is 14.3 Å². The van der Waals surface area contributed by atoms with Crippen LogP contribution in [0.1, 0.15) is 19.8 Å². The van der Waals surface area contributed by atoms with Crippen LogP contribution in [0.25, 0.3) is 0 Å². The zero-order valence-electron chi connectivity index (χ0n) is 9.86. The fourth-order valence-electron chi connectivity index (χ4n) is 2.02. The van der Waals surface area contributed by atoms with E-state index in [0.29, 0.717) is 0 Å². The first-order valence-electron chi connectivity index (χ1n) is 5.50. The number of esters is 1. The van der Waals surface area contributed by atoms with Crippen LogP contribution < -0.4 is 0 Å². The SMILES string of the molecule is COC(=O)[C@H]1CCCN(CC(C)OC)C1. The maximum Gasteiger partial charge on any atom is 0.309 e. The summed E-state index contributed by atoms with van der Waals surface area (Å²) in [5.41, 5.74) is 0. The average Bonchev–Trinajstić information content (AvgIpc) is 2.28. The molecule has 2 atom stereocenters. The molecule has 0 aromatic carbocycles. The molecule has 0 spiro atoms. The zero-order chi connectivity index (χ0) is 11.3. The van der Waals surface area contributed by atoms with Crippen LogP contribution >= 0.6 is 0 Å². The molecule has 1 aliphatic rings. The molecule has 1 fully saturated rings. The van der Waals surface area contributed by atoms with Crippen molar-refractivity contribution in [2.45, 2.75) is 25.9 Å². The predicted molar refractivity (Wildman–Crippen MR) is 57.7 cm³/mol. The number of methoxy groups -OCH3 is 2. The summed E-state index contributed by atoms with van der Waals surface area (Å²) in [6.45, 7) is 4.80. The summed E-state index contributed by atoms with van der Waals surface area (Å²) < 4.78 is 9.99. The van der Waals surface area contributed by atoms with E-state index in [4.69, 9.17) is 9.47 Å². The molecule has 0 radical (unpaired) electrons. The Morgan fingerprint density at radius 3 is 2.87 bits per heavy atom. The van der Waals surface area contributed by atoms with Gasteiger partial charge in [-0.05, 0) is 26.3 Å². The summed E-state index contributed by atoms with van der Waals surface area (Å²) in [5.74, 6) is -0.0300. The highest BCUT2D eigenvalue weighted by molar-refractivity contribution is 5.72.